The zero-order chi connectivity index (χ0) is 17.1. The Morgan fingerprint density at radius 3 is 2.46 bits per heavy atom. The summed E-state index contributed by atoms with van der Waals surface area (Å²) in [5.41, 5.74) is 2.24. The molecule has 24 heavy (non-hydrogen) atoms. The molecule has 0 aliphatic heterocycles. The molecule has 1 aliphatic carbocycles. The van der Waals surface area contributed by atoms with Crippen molar-refractivity contribution in [1.82, 2.24) is 15.1 Å². The monoisotopic (exact) mass is 326 g/mol. The van der Waals surface area contributed by atoms with Gasteiger partial charge in [-0.3, -0.25) is 9.59 Å². The maximum atomic E-state index is 12.3. The van der Waals surface area contributed by atoms with Crippen LogP contribution in [0.25, 0.3) is 5.69 Å². The molecule has 1 aromatic heterocycles. The van der Waals surface area contributed by atoms with Crippen LogP contribution < -0.4 is 10.6 Å². The SMILES string of the molecule is CC(=O)Nc1cc(C)nn1-c1ccc(C(=O)NC2CCCC2)cc1. The van der Waals surface area contributed by atoms with Gasteiger partial charge in [0.1, 0.15) is 5.82 Å². The van der Waals surface area contributed by atoms with Crippen molar-refractivity contribution < 1.29 is 9.59 Å². The number of carbonyl (C=O) groups is 2. The Morgan fingerprint density at radius 2 is 1.83 bits per heavy atom. The summed E-state index contributed by atoms with van der Waals surface area (Å²) in [5, 5.41) is 10.2. The minimum atomic E-state index is -0.149. The van der Waals surface area contributed by atoms with E-state index in [9.17, 15) is 9.59 Å². The molecule has 0 atom stereocenters. The molecule has 2 amide bonds. The first-order chi connectivity index (χ1) is 11.5. The number of aromatic nitrogens is 2. The van der Waals surface area contributed by atoms with Gasteiger partial charge in [-0.25, -0.2) is 4.68 Å². The van der Waals surface area contributed by atoms with Gasteiger partial charge in [-0.2, -0.15) is 5.10 Å². The molecule has 1 aliphatic rings. The Kier molecular flexibility index (Phi) is 4.64. The molecule has 1 fully saturated rings. The first-order valence-corrected chi connectivity index (χ1v) is 8.28. The largest absolute Gasteiger partial charge is 0.349 e. The van der Waals surface area contributed by atoms with Gasteiger partial charge in [0.15, 0.2) is 0 Å². The molecule has 0 bridgehead atoms. The average Bonchev–Trinajstić information content (AvgIpc) is 3.16. The molecule has 0 radical (unpaired) electrons. The molecule has 3 rings (SSSR count). The normalized spacial score (nSPS) is 14.6. The summed E-state index contributed by atoms with van der Waals surface area (Å²) >= 11 is 0. The highest BCUT2D eigenvalue weighted by Gasteiger charge is 2.18. The van der Waals surface area contributed by atoms with Crippen LogP contribution in [0.3, 0.4) is 0 Å². The predicted octanol–water partition coefficient (Wildman–Crippen LogP) is 2.81. The van der Waals surface area contributed by atoms with E-state index in [1.165, 1.54) is 19.8 Å². The molecule has 0 spiro atoms. The van der Waals surface area contributed by atoms with Crippen molar-refractivity contribution in [3.05, 3.63) is 41.6 Å². The Balaban J connectivity index is 1.77. The van der Waals surface area contributed by atoms with E-state index in [1.807, 2.05) is 25.1 Å². The summed E-state index contributed by atoms with van der Waals surface area (Å²) in [6, 6.07) is 9.35. The van der Waals surface area contributed by atoms with Gasteiger partial charge >= 0.3 is 0 Å². The Morgan fingerprint density at radius 1 is 1.17 bits per heavy atom. The van der Waals surface area contributed by atoms with Crippen LogP contribution in [0.5, 0.6) is 0 Å². The second-order valence-electron chi connectivity index (χ2n) is 6.27. The topological polar surface area (TPSA) is 76.0 Å². The molecule has 1 heterocycles. The third-order valence-electron chi connectivity index (χ3n) is 4.20. The number of nitrogens with one attached hydrogen (secondary N) is 2. The van der Waals surface area contributed by atoms with Crippen molar-refractivity contribution in [3.8, 4) is 5.69 Å². The van der Waals surface area contributed by atoms with Gasteiger partial charge in [0.2, 0.25) is 5.91 Å². The van der Waals surface area contributed by atoms with E-state index < -0.39 is 0 Å². The Hall–Kier alpha value is -2.63. The minimum absolute atomic E-state index is 0.0350. The van der Waals surface area contributed by atoms with Gasteiger partial charge in [0, 0.05) is 24.6 Å². The van der Waals surface area contributed by atoms with E-state index in [4.69, 9.17) is 0 Å². The lowest BCUT2D eigenvalue weighted by atomic mass is 10.1. The number of benzene rings is 1. The van der Waals surface area contributed by atoms with Gasteiger partial charge in [0.05, 0.1) is 11.4 Å². The Bertz CT molecular complexity index is 743. The lowest BCUT2D eigenvalue weighted by molar-refractivity contribution is -0.114. The average molecular weight is 326 g/mol. The van der Waals surface area contributed by atoms with Crippen LogP contribution in [-0.4, -0.2) is 27.6 Å². The minimum Gasteiger partial charge on any atom is -0.349 e. The van der Waals surface area contributed by atoms with Gasteiger partial charge in [-0.05, 0) is 44.0 Å². The third-order valence-corrected chi connectivity index (χ3v) is 4.20. The van der Waals surface area contributed by atoms with Crippen molar-refractivity contribution in [2.24, 2.45) is 0 Å². The van der Waals surface area contributed by atoms with E-state index in [0.29, 0.717) is 17.4 Å². The van der Waals surface area contributed by atoms with Gasteiger partial charge in [-0.15, -0.1) is 0 Å². The highest BCUT2D eigenvalue weighted by Crippen LogP contribution is 2.20. The highest BCUT2D eigenvalue weighted by molar-refractivity contribution is 5.94. The molecule has 1 saturated carbocycles. The lowest BCUT2D eigenvalue weighted by Gasteiger charge is -2.12. The second kappa shape index (κ2) is 6.86. The third kappa shape index (κ3) is 3.64. The summed E-state index contributed by atoms with van der Waals surface area (Å²) in [6.45, 7) is 3.33. The highest BCUT2D eigenvalue weighted by atomic mass is 16.2. The van der Waals surface area contributed by atoms with Crippen molar-refractivity contribution in [2.75, 3.05) is 5.32 Å². The number of hydrogen-bond donors (Lipinski definition) is 2. The van der Waals surface area contributed by atoms with Crippen LogP contribution in [-0.2, 0) is 4.79 Å². The van der Waals surface area contributed by atoms with E-state index in [2.05, 4.69) is 15.7 Å². The quantitative estimate of drug-likeness (QED) is 0.907. The molecule has 6 nitrogen and oxygen atoms in total. The molecular formula is C18H22N4O2. The first-order valence-electron chi connectivity index (χ1n) is 8.28. The van der Waals surface area contributed by atoms with E-state index in [0.717, 1.165) is 24.2 Å². The van der Waals surface area contributed by atoms with Crippen LogP contribution in [0.15, 0.2) is 30.3 Å². The molecule has 1 aromatic carbocycles. The van der Waals surface area contributed by atoms with Crippen LogP contribution in [0.4, 0.5) is 5.82 Å². The van der Waals surface area contributed by atoms with Crippen LogP contribution >= 0.6 is 0 Å². The summed E-state index contributed by atoms with van der Waals surface area (Å²) in [6.07, 6.45) is 4.51. The molecular weight excluding hydrogens is 304 g/mol. The zero-order valence-electron chi connectivity index (χ0n) is 14.0. The lowest BCUT2D eigenvalue weighted by Crippen LogP contribution is -2.32. The molecule has 6 heteroatoms. The number of anilines is 1. The maximum Gasteiger partial charge on any atom is 0.251 e. The number of rotatable bonds is 4. The maximum absolute atomic E-state index is 12.3. The number of hydrogen-bond acceptors (Lipinski definition) is 3. The molecule has 0 unspecified atom stereocenters. The van der Waals surface area contributed by atoms with Crippen LogP contribution in [0.1, 0.15) is 48.7 Å². The molecule has 0 saturated heterocycles. The fourth-order valence-corrected chi connectivity index (χ4v) is 3.06. The smallest absolute Gasteiger partial charge is 0.251 e. The fraction of sp³-hybridized carbons (Fsp3) is 0.389. The van der Waals surface area contributed by atoms with Gasteiger partial charge in [-0.1, -0.05) is 12.8 Å². The molecule has 2 N–H and O–H groups in total. The van der Waals surface area contributed by atoms with E-state index in [-0.39, 0.29) is 11.8 Å². The van der Waals surface area contributed by atoms with Crippen LogP contribution in [0, 0.1) is 6.92 Å². The summed E-state index contributed by atoms with van der Waals surface area (Å²) in [7, 11) is 0. The van der Waals surface area contributed by atoms with Crippen molar-refractivity contribution in [1.29, 1.82) is 0 Å². The van der Waals surface area contributed by atoms with Crippen molar-refractivity contribution in [2.45, 2.75) is 45.6 Å². The number of nitrogens with zero attached hydrogens (tertiary/aromatic N) is 2. The standard InChI is InChI=1S/C18H22N4O2/c1-12-11-17(19-13(2)23)22(21-12)16-9-7-14(8-10-16)18(24)20-15-5-3-4-6-15/h7-11,15H,3-6H2,1-2H3,(H,19,23)(H,20,24). The number of amides is 2. The van der Waals surface area contributed by atoms with Crippen LogP contribution in [0.2, 0.25) is 0 Å². The zero-order valence-corrected chi connectivity index (χ0v) is 14.0. The molecule has 126 valence electrons. The summed E-state index contributed by atoms with van der Waals surface area (Å²) in [4.78, 5) is 23.6. The predicted molar refractivity (Wildman–Crippen MR) is 92.3 cm³/mol. The van der Waals surface area contributed by atoms with Gasteiger partial charge < -0.3 is 10.6 Å². The summed E-state index contributed by atoms with van der Waals surface area (Å²) < 4.78 is 1.66. The van der Waals surface area contributed by atoms with Crippen molar-refractivity contribution >= 4 is 17.6 Å². The molecule has 2 aromatic rings. The van der Waals surface area contributed by atoms with E-state index in [1.54, 1.807) is 16.8 Å². The second-order valence-corrected chi connectivity index (χ2v) is 6.27. The van der Waals surface area contributed by atoms with Crippen molar-refractivity contribution in [3.63, 3.8) is 0 Å². The van der Waals surface area contributed by atoms with E-state index >= 15 is 0 Å². The van der Waals surface area contributed by atoms with Gasteiger partial charge in [0.25, 0.3) is 5.91 Å². The Labute approximate surface area is 141 Å². The first kappa shape index (κ1) is 16.2. The summed E-state index contributed by atoms with van der Waals surface area (Å²) in [5.74, 6) is 0.430. The fourth-order valence-electron chi connectivity index (χ4n) is 3.06. The number of carbonyl (C=O) groups excluding carboxylic acids is 2. The number of aryl methyl sites for hydroxylation is 1.